The number of aromatic nitrogens is 5. The molecule has 3 aromatic rings. The van der Waals surface area contributed by atoms with Crippen LogP contribution in [0.25, 0.3) is 11.0 Å². The Hall–Kier alpha value is -1.99. The zero-order valence-corrected chi connectivity index (χ0v) is 9.87. The van der Waals surface area contributed by atoms with Gasteiger partial charge in [0.05, 0.1) is 18.9 Å². The van der Waals surface area contributed by atoms with E-state index < -0.39 is 0 Å². The van der Waals surface area contributed by atoms with E-state index in [2.05, 4.69) is 20.1 Å². The molecule has 0 unspecified atom stereocenters. The standard InChI is InChI=1S/C10H8ClN5O2/c11-10-12-2-8-7(15-10)1-13-16(8)3-6-5-18-9(4-17)14-6/h1-2,5,17H,3-4H2. The van der Waals surface area contributed by atoms with E-state index in [-0.39, 0.29) is 17.8 Å². The Balaban J connectivity index is 1.95. The number of nitrogens with zero attached hydrogens (tertiary/aromatic N) is 5. The number of oxazole rings is 1. The van der Waals surface area contributed by atoms with Gasteiger partial charge in [-0.2, -0.15) is 5.10 Å². The summed E-state index contributed by atoms with van der Waals surface area (Å²) < 4.78 is 6.72. The quantitative estimate of drug-likeness (QED) is 0.711. The Morgan fingerprint density at radius 1 is 1.33 bits per heavy atom. The third-order valence-corrected chi connectivity index (χ3v) is 2.59. The van der Waals surface area contributed by atoms with Crippen molar-refractivity contribution in [3.63, 3.8) is 0 Å². The number of rotatable bonds is 3. The molecular weight excluding hydrogens is 258 g/mol. The van der Waals surface area contributed by atoms with Crippen LogP contribution >= 0.6 is 11.6 Å². The fraction of sp³-hybridized carbons (Fsp3) is 0.200. The van der Waals surface area contributed by atoms with Crippen LogP contribution in [0.15, 0.2) is 23.1 Å². The number of fused-ring (bicyclic) bond motifs is 1. The molecule has 0 fully saturated rings. The average molecular weight is 266 g/mol. The Kier molecular flexibility index (Phi) is 2.69. The number of aliphatic hydroxyl groups excluding tert-OH is 1. The average Bonchev–Trinajstić information content (AvgIpc) is 2.97. The summed E-state index contributed by atoms with van der Waals surface area (Å²) in [4.78, 5) is 12.0. The Morgan fingerprint density at radius 2 is 2.22 bits per heavy atom. The highest BCUT2D eigenvalue weighted by Crippen LogP contribution is 2.14. The monoisotopic (exact) mass is 265 g/mol. The van der Waals surface area contributed by atoms with Crippen LogP contribution in [0, 0.1) is 0 Å². The lowest BCUT2D eigenvalue weighted by molar-refractivity contribution is 0.240. The van der Waals surface area contributed by atoms with Gasteiger partial charge in [0, 0.05) is 0 Å². The molecule has 0 atom stereocenters. The molecular formula is C10H8ClN5O2. The summed E-state index contributed by atoms with van der Waals surface area (Å²) >= 11 is 5.70. The first-order chi connectivity index (χ1) is 8.76. The van der Waals surface area contributed by atoms with Crippen LogP contribution in [0.3, 0.4) is 0 Å². The summed E-state index contributed by atoms with van der Waals surface area (Å²) in [6, 6.07) is 0. The molecule has 18 heavy (non-hydrogen) atoms. The second-order valence-corrected chi connectivity index (χ2v) is 3.94. The first kappa shape index (κ1) is 11.1. The summed E-state index contributed by atoms with van der Waals surface area (Å²) in [5.41, 5.74) is 2.09. The Labute approximate surface area is 106 Å². The van der Waals surface area contributed by atoms with Gasteiger partial charge in [-0.05, 0) is 11.6 Å². The lowest BCUT2D eigenvalue weighted by Crippen LogP contribution is -2.02. The molecule has 0 radical (unpaired) electrons. The van der Waals surface area contributed by atoms with Crippen molar-refractivity contribution in [3.8, 4) is 0 Å². The number of hydrogen-bond donors (Lipinski definition) is 1. The molecule has 0 saturated heterocycles. The van der Waals surface area contributed by atoms with Gasteiger partial charge in [0.2, 0.25) is 11.2 Å². The molecule has 7 nitrogen and oxygen atoms in total. The molecule has 0 aliphatic rings. The molecule has 92 valence electrons. The van der Waals surface area contributed by atoms with E-state index in [1.165, 1.54) is 6.26 Å². The molecule has 0 bridgehead atoms. The van der Waals surface area contributed by atoms with Crippen LogP contribution in [0.4, 0.5) is 0 Å². The van der Waals surface area contributed by atoms with Gasteiger partial charge in [-0.25, -0.2) is 15.0 Å². The van der Waals surface area contributed by atoms with E-state index in [0.29, 0.717) is 17.8 Å². The minimum atomic E-state index is -0.224. The molecule has 0 spiro atoms. The van der Waals surface area contributed by atoms with Crippen LogP contribution in [0.2, 0.25) is 5.28 Å². The zero-order chi connectivity index (χ0) is 12.5. The lowest BCUT2D eigenvalue weighted by Gasteiger charge is -1.99. The van der Waals surface area contributed by atoms with Gasteiger partial charge in [0.25, 0.3) is 0 Å². The minimum absolute atomic E-state index is 0.186. The van der Waals surface area contributed by atoms with Crippen LogP contribution in [0.5, 0.6) is 0 Å². The fourth-order valence-corrected chi connectivity index (χ4v) is 1.76. The van der Waals surface area contributed by atoms with Gasteiger partial charge < -0.3 is 9.52 Å². The molecule has 1 N–H and O–H groups in total. The van der Waals surface area contributed by atoms with E-state index in [1.807, 2.05) is 0 Å². The van der Waals surface area contributed by atoms with Gasteiger partial charge in [-0.3, -0.25) is 4.68 Å². The Bertz CT molecular complexity index is 692. The minimum Gasteiger partial charge on any atom is -0.446 e. The normalized spacial score (nSPS) is 11.2. The van der Waals surface area contributed by atoms with E-state index in [9.17, 15) is 0 Å². The number of aliphatic hydroxyl groups is 1. The zero-order valence-electron chi connectivity index (χ0n) is 9.12. The largest absolute Gasteiger partial charge is 0.446 e. The van der Waals surface area contributed by atoms with Gasteiger partial charge in [0.1, 0.15) is 29.6 Å². The van der Waals surface area contributed by atoms with Crippen molar-refractivity contribution in [1.29, 1.82) is 0 Å². The van der Waals surface area contributed by atoms with Crippen molar-refractivity contribution in [2.45, 2.75) is 13.2 Å². The van der Waals surface area contributed by atoms with Crippen molar-refractivity contribution in [2.75, 3.05) is 0 Å². The molecule has 3 rings (SSSR count). The van der Waals surface area contributed by atoms with Crippen LogP contribution < -0.4 is 0 Å². The highest BCUT2D eigenvalue weighted by Gasteiger charge is 2.08. The number of halogens is 1. The van der Waals surface area contributed by atoms with Crippen molar-refractivity contribution >= 4 is 22.6 Å². The maximum absolute atomic E-state index is 8.87. The van der Waals surface area contributed by atoms with Gasteiger partial charge >= 0.3 is 0 Å². The first-order valence-corrected chi connectivity index (χ1v) is 5.52. The van der Waals surface area contributed by atoms with E-state index in [1.54, 1.807) is 17.1 Å². The first-order valence-electron chi connectivity index (χ1n) is 5.14. The summed E-state index contributed by atoms with van der Waals surface area (Å²) in [5, 5.41) is 13.2. The summed E-state index contributed by atoms with van der Waals surface area (Å²) in [5.74, 6) is 0.278. The van der Waals surface area contributed by atoms with E-state index >= 15 is 0 Å². The highest BCUT2D eigenvalue weighted by atomic mass is 35.5. The Morgan fingerprint density at radius 3 is 3.00 bits per heavy atom. The second-order valence-electron chi connectivity index (χ2n) is 3.60. The molecule has 3 aromatic heterocycles. The van der Waals surface area contributed by atoms with Gasteiger partial charge in [-0.1, -0.05) is 0 Å². The smallest absolute Gasteiger partial charge is 0.223 e. The highest BCUT2D eigenvalue weighted by molar-refractivity contribution is 6.28. The molecule has 0 aliphatic heterocycles. The SMILES string of the molecule is OCc1nc(Cn2ncc3nc(Cl)ncc32)co1. The van der Waals surface area contributed by atoms with Gasteiger partial charge in [0.15, 0.2) is 0 Å². The third kappa shape index (κ3) is 1.93. The second kappa shape index (κ2) is 4.35. The predicted octanol–water partition coefficient (Wildman–Crippen LogP) is 1.01. The third-order valence-electron chi connectivity index (χ3n) is 2.41. The number of hydrogen-bond acceptors (Lipinski definition) is 6. The summed E-state index contributed by atoms with van der Waals surface area (Å²) in [6.45, 7) is 0.191. The van der Waals surface area contributed by atoms with Gasteiger partial charge in [-0.15, -0.1) is 0 Å². The lowest BCUT2D eigenvalue weighted by atomic mass is 10.4. The van der Waals surface area contributed by atoms with E-state index in [4.69, 9.17) is 21.1 Å². The van der Waals surface area contributed by atoms with Crippen molar-refractivity contribution in [2.24, 2.45) is 0 Å². The fourth-order valence-electron chi connectivity index (χ4n) is 1.62. The van der Waals surface area contributed by atoms with Crippen LogP contribution in [0.1, 0.15) is 11.6 Å². The predicted molar refractivity (Wildman–Crippen MR) is 61.9 cm³/mol. The van der Waals surface area contributed by atoms with Crippen molar-refractivity contribution < 1.29 is 9.52 Å². The molecule has 0 aliphatic carbocycles. The molecule has 8 heteroatoms. The van der Waals surface area contributed by atoms with Crippen molar-refractivity contribution in [3.05, 3.63) is 35.5 Å². The van der Waals surface area contributed by atoms with Crippen LogP contribution in [-0.4, -0.2) is 29.8 Å². The molecule has 3 heterocycles. The maximum atomic E-state index is 8.87. The van der Waals surface area contributed by atoms with Crippen LogP contribution in [-0.2, 0) is 13.2 Å². The molecule has 0 amide bonds. The van der Waals surface area contributed by atoms with Crippen molar-refractivity contribution in [1.82, 2.24) is 24.7 Å². The maximum Gasteiger partial charge on any atom is 0.223 e. The van der Waals surface area contributed by atoms with E-state index in [0.717, 1.165) is 5.52 Å². The molecule has 0 saturated carbocycles. The summed E-state index contributed by atoms with van der Waals surface area (Å²) in [7, 11) is 0. The topological polar surface area (TPSA) is 89.9 Å². The molecule has 0 aromatic carbocycles. The summed E-state index contributed by atoms with van der Waals surface area (Å²) in [6.07, 6.45) is 4.69.